The van der Waals surface area contributed by atoms with Crippen LogP contribution in [0, 0.1) is 13.8 Å². The lowest BCUT2D eigenvalue weighted by atomic mass is 9.94. The lowest BCUT2D eigenvalue weighted by Crippen LogP contribution is -2.34. The molecule has 0 atom stereocenters. The van der Waals surface area contributed by atoms with Crippen molar-refractivity contribution in [3.05, 3.63) is 52.2 Å². The first-order valence-corrected chi connectivity index (χ1v) is 11.2. The van der Waals surface area contributed by atoms with Crippen LogP contribution >= 0.6 is 11.3 Å². The molecule has 1 amide bonds. The third-order valence-electron chi connectivity index (χ3n) is 6.07. The average molecular weight is 409 g/mol. The second kappa shape index (κ2) is 8.49. The molecule has 0 saturated heterocycles. The van der Waals surface area contributed by atoms with Crippen molar-refractivity contribution in [2.45, 2.75) is 58.5 Å². The Morgan fingerprint density at radius 2 is 1.93 bits per heavy atom. The minimum atomic E-state index is -0.0416. The summed E-state index contributed by atoms with van der Waals surface area (Å²) < 4.78 is 0. The van der Waals surface area contributed by atoms with Crippen LogP contribution in [-0.2, 0) is 6.54 Å². The van der Waals surface area contributed by atoms with Crippen molar-refractivity contribution in [2.24, 2.45) is 0 Å². The summed E-state index contributed by atoms with van der Waals surface area (Å²) in [6.07, 6.45) is 7.91. The summed E-state index contributed by atoms with van der Waals surface area (Å²) in [6.45, 7) is 4.61. The van der Waals surface area contributed by atoms with Crippen LogP contribution < -0.4 is 10.2 Å². The van der Waals surface area contributed by atoms with Crippen LogP contribution in [0.2, 0.25) is 0 Å². The first-order valence-electron chi connectivity index (χ1n) is 10.4. The summed E-state index contributed by atoms with van der Waals surface area (Å²) in [5, 5.41) is 4.10. The highest BCUT2D eigenvalue weighted by molar-refractivity contribution is 7.20. The fourth-order valence-electron chi connectivity index (χ4n) is 4.24. The van der Waals surface area contributed by atoms with Crippen LogP contribution in [0.25, 0.3) is 10.2 Å². The molecule has 6 heteroatoms. The molecule has 1 N–H and O–H groups in total. The standard InChI is InChI=1S/C23H28N4OS/c1-15-9-7-8-10-17(15)13-24-22(28)20-16(2)19-21(25-14-26-23(19)29-20)27(3)18-11-5-4-6-12-18/h7-10,14,18H,4-6,11-13H2,1-3H3,(H,24,28). The molecule has 4 rings (SSSR count). The van der Waals surface area contributed by atoms with E-state index in [1.54, 1.807) is 6.33 Å². The van der Waals surface area contributed by atoms with E-state index in [1.807, 2.05) is 19.1 Å². The lowest BCUT2D eigenvalue weighted by molar-refractivity contribution is 0.0954. The van der Waals surface area contributed by atoms with E-state index >= 15 is 0 Å². The van der Waals surface area contributed by atoms with E-state index in [-0.39, 0.29) is 5.91 Å². The van der Waals surface area contributed by atoms with E-state index in [9.17, 15) is 4.79 Å². The highest BCUT2D eigenvalue weighted by Crippen LogP contribution is 2.36. The van der Waals surface area contributed by atoms with E-state index < -0.39 is 0 Å². The number of hydrogen-bond donors (Lipinski definition) is 1. The first-order chi connectivity index (χ1) is 14.1. The highest BCUT2D eigenvalue weighted by atomic mass is 32.1. The Kier molecular flexibility index (Phi) is 5.81. The fraction of sp³-hybridized carbons (Fsp3) is 0.435. The molecule has 1 aromatic carbocycles. The van der Waals surface area contributed by atoms with E-state index in [1.165, 1.54) is 49.0 Å². The van der Waals surface area contributed by atoms with Crippen molar-refractivity contribution < 1.29 is 4.79 Å². The third-order valence-corrected chi connectivity index (χ3v) is 7.27. The van der Waals surface area contributed by atoms with Gasteiger partial charge in [0.25, 0.3) is 5.91 Å². The molecule has 0 bridgehead atoms. The number of rotatable bonds is 5. The molecule has 1 fully saturated rings. The van der Waals surface area contributed by atoms with Crippen molar-refractivity contribution in [3.63, 3.8) is 0 Å². The molecule has 5 nitrogen and oxygen atoms in total. The SMILES string of the molecule is Cc1ccccc1CNC(=O)c1sc2ncnc(N(C)C3CCCCC3)c2c1C. The van der Waals surface area contributed by atoms with Crippen molar-refractivity contribution in [1.29, 1.82) is 0 Å². The quantitative estimate of drug-likeness (QED) is 0.645. The van der Waals surface area contributed by atoms with Gasteiger partial charge in [-0.25, -0.2) is 9.97 Å². The van der Waals surface area contributed by atoms with Gasteiger partial charge in [0.05, 0.1) is 10.3 Å². The number of benzene rings is 1. The Balaban J connectivity index is 1.60. The zero-order chi connectivity index (χ0) is 20.4. The number of hydrogen-bond acceptors (Lipinski definition) is 5. The van der Waals surface area contributed by atoms with Gasteiger partial charge >= 0.3 is 0 Å². The summed E-state index contributed by atoms with van der Waals surface area (Å²) in [5.74, 6) is 0.911. The maximum Gasteiger partial charge on any atom is 0.261 e. The molecule has 2 heterocycles. The number of nitrogens with one attached hydrogen (secondary N) is 1. The van der Waals surface area contributed by atoms with Crippen LogP contribution in [0.5, 0.6) is 0 Å². The zero-order valence-electron chi connectivity index (χ0n) is 17.4. The van der Waals surface area contributed by atoms with E-state index in [0.29, 0.717) is 12.6 Å². The zero-order valence-corrected chi connectivity index (χ0v) is 18.2. The van der Waals surface area contributed by atoms with Crippen LogP contribution in [0.4, 0.5) is 5.82 Å². The lowest BCUT2D eigenvalue weighted by Gasteiger charge is -2.32. The predicted molar refractivity (Wildman–Crippen MR) is 120 cm³/mol. The van der Waals surface area contributed by atoms with Crippen molar-refractivity contribution in [1.82, 2.24) is 15.3 Å². The normalized spacial score (nSPS) is 14.9. The van der Waals surface area contributed by atoms with Gasteiger partial charge in [0.1, 0.15) is 17.0 Å². The largest absolute Gasteiger partial charge is 0.356 e. The van der Waals surface area contributed by atoms with Crippen molar-refractivity contribution in [3.8, 4) is 0 Å². The number of aromatic nitrogens is 2. The van der Waals surface area contributed by atoms with Gasteiger partial charge in [-0.1, -0.05) is 43.5 Å². The number of amides is 1. The number of carbonyl (C=O) groups excluding carboxylic acids is 1. The molecule has 0 unspecified atom stereocenters. The molecule has 1 saturated carbocycles. The first kappa shape index (κ1) is 19.8. The topological polar surface area (TPSA) is 58.1 Å². The van der Waals surface area contributed by atoms with Gasteiger partial charge in [-0.15, -0.1) is 11.3 Å². The molecule has 3 aromatic rings. The van der Waals surface area contributed by atoms with Gasteiger partial charge in [0.2, 0.25) is 0 Å². The fourth-order valence-corrected chi connectivity index (χ4v) is 5.30. The Morgan fingerprint density at radius 1 is 1.17 bits per heavy atom. The second-order valence-electron chi connectivity index (χ2n) is 7.95. The number of nitrogens with zero attached hydrogens (tertiary/aromatic N) is 3. The highest BCUT2D eigenvalue weighted by Gasteiger charge is 2.25. The third kappa shape index (κ3) is 3.99. The Morgan fingerprint density at radius 3 is 2.69 bits per heavy atom. The van der Waals surface area contributed by atoms with Crippen molar-refractivity contribution in [2.75, 3.05) is 11.9 Å². The molecule has 0 spiro atoms. The van der Waals surface area contributed by atoms with Crippen LogP contribution in [-0.4, -0.2) is 29.0 Å². The van der Waals surface area contributed by atoms with Crippen LogP contribution in [0.1, 0.15) is 58.5 Å². The summed E-state index contributed by atoms with van der Waals surface area (Å²) in [5.41, 5.74) is 3.30. The van der Waals surface area contributed by atoms with Crippen molar-refractivity contribution >= 4 is 33.3 Å². The van der Waals surface area contributed by atoms with E-state index in [2.05, 4.69) is 46.3 Å². The van der Waals surface area contributed by atoms with Gasteiger partial charge in [-0.2, -0.15) is 0 Å². The molecule has 29 heavy (non-hydrogen) atoms. The van der Waals surface area contributed by atoms with Gasteiger partial charge in [0, 0.05) is 19.6 Å². The van der Waals surface area contributed by atoms with Crippen LogP contribution in [0.15, 0.2) is 30.6 Å². The minimum absolute atomic E-state index is 0.0416. The van der Waals surface area contributed by atoms with Gasteiger partial charge < -0.3 is 10.2 Å². The van der Waals surface area contributed by atoms with E-state index in [0.717, 1.165) is 32.0 Å². The molecule has 1 aliphatic rings. The Labute approximate surface area is 176 Å². The molecule has 0 radical (unpaired) electrons. The number of anilines is 1. The number of thiophene rings is 1. The number of carbonyl (C=O) groups is 1. The molecular weight excluding hydrogens is 380 g/mol. The Hall–Kier alpha value is -2.47. The maximum atomic E-state index is 12.9. The number of fused-ring (bicyclic) bond motifs is 1. The summed E-state index contributed by atoms with van der Waals surface area (Å²) in [6, 6.07) is 8.65. The van der Waals surface area contributed by atoms with Gasteiger partial charge in [-0.3, -0.25) is 4.79 Å². The summed E-state index contributed by atoms with van der Waals surface area (Å²) >= 11 is 1.46. The monoisotopic (exact) mass is 408 g/mol. The van der Waals surface area contributed by atoms with Crippen LogP contribution in [0.3, 0.4) is 0 Å². The molecule has 1 aliphatic carbocycles. The second-order valence-corrected chi connectivity index (χ2v) is 8.94. The summed E-state index contributed by atoms with van der Waals surface area (Å²) in [4.78, 5) is 25.9. The van der Waals surface area contributed by atoms with Gasteiger partial charge in [0.15, 0.2) is 0 Å². The number of aryl methyl sites for hydroxylation is 2. The molecule has 0 aliphatic heterocycles. The molecular formula is C23H28N4OS. The molecule has 152 valence electrons. The van der Waals surface area contributed by atoms with E-state index in [4.69, 9.17) is 0 Å². The minimum Gasteiger partial charge on any atom is -0.356 e. The predicted octanol–water partition coefficient (Wildman–Crippen LogP) is 5.01. The maximum absolute atomic E-state index is 12.9. The average Bonchev–Trinajstić information content (AvgIpc) is 3.10. The summed E-state index contributed by atoms with van der Waals surface area (Å²) in [7, 11) is 2.13. The Bertz CT molecular complexity index is 1020. The molecule has 2 aromatic heterocycles. The van der Waals surface area contributed by atoms with Gasteiger partial charge in [-0.05, 0) is 43.4 Å². The smallest absolute Gasteiger partial charge is 0.261 e.